The minimum Gasteiger partial charge on any atom is -0.290 e. The van der Waals surface area contributed by atoms with Crippen LogP contribution in [0.1, 0.15) is 17.6 Å². The molecule has 3 heterocycles. The SMILES string of the molecule is CCc1nc(CSc2nc3ccsc3c(=O)n2C)cs1. The highest BCUT2D eigenvalue weighted by Crippen LogP contribution is 2.24. The molecule has 0 N–H and O–H groups in total. The van der Waals surface area contributed by atoms with Crippen LogP contribution in [0.25, 0.3) is 10.2 Å². The zero-order valence-corrected chi connectivity index (χ0v) is 13.6. The summed E-state index contributed by atoms with van der Waals surface area (Å²) in [6, 6.07) is 1.89. The molecule has 0 aliphatic heterocycles. The van der Waals surface area contributed by atoms with E-state index in [1.54, 1.807) is 34.7 Å². The van der Waals surface area contributed by atoms with Crippen molar-refractivity contribution >= 4 is 44.7 Å². The fraction of sp³-hybridized carbons (Fsp3) is 0.308. The molecule has 0 aromatic carbocycles. The largest absolute Gasteiger partial charge is 0.290 e. The Labute approximate surface area is 128 Å². The van der Waals surface area contributed by atoms with E-state index in [4.69, 9.17) is 0 Å². The Morgan fingerprint density at radius 3 is 2.95 bits per heavy atom. The van der Waals surface area contributed by atoms with E-state index in [1.807, 2.05) is 11.4 Å². The second-order valence-corrected chi connectivity index (χ2v) is 7.07. The first kappa shape index (κ1) is 13.8. The summed E-state index contributed by atoms with van der Waals surface area (Å²) in [5, 5.41) is 5.87. The number of aryl methyl sites for hydroxylation is 1. The molecule has 0 radical (unpaired) electrons. The number of thiazole rings is 1. The van der Waals surface area contributed by atoms with Crippen molar-refractivity contribution in [2.24, 2.45) is 7.05 Å². The van der Waals surface area contributed by atoms with Crippen molar-refractivity contribution in [3.63, 3.8) is 0 Å². The van der Waals surface area contributed by atoms with E-state index < -0.39 is 0 Å². The van der Waals surface area contributed by atoms with Crippen LogP contribution in [0.4, 0.5) is 0 Å². The second kappa shape index (κ2) is 5.67. The van der Waals surface area contributed by atoms with Gasteiger partial charge in [0.2, 0.25) is 0 Å². The molecule has 0 bridgehead atoms. The minimum absolute atomic E-state index is 0.0278. The molecule has 0 saturated carbocycles. The second-order valence-electron chi connectivity index (χ2n) is 4.27. The maximum absolute atomic E-state index is 12.2. The molecule has 20 heavy (non-hydrogen) atoms. The Morgan fingerprint density at radius 2 is 2.20 bits per heavy atom. The number of hydrogen-bond acceptors (Lipinski definition) is 6. The van der Waals surface area contributed by atoms with Crippen LogP contribution in [0.15, 0.2) is 26.8 Å². The number of nitrogens with zero attached hydrogens (tertiary/aromatic N) is 3. The predicted molar refractivity (Wildman–Crippen MR) is 85.9 cm³/mol. The molecule has 0 unspecified atom stereocenters. The van der Waals surface area contributed by atoms with Gasteiger partial charge >= 0.3 is 0 Å². The van der Waals surface area contributed by atoms with Gasteiger partial charge in [0.25, 0.3) is 5.56 Å². The van der Waals surface area contributed by atoms with Crippen molar-refractivity contribution in [3.8, 4) is 0 Å². The zero-order chi connectivity index (χ0) is 14.1. The van der Waals surface area contributed by atoms with Crippen LogP contribution in [0, 0.1) is 0 Å². The van der Waals surface area contributed by atoms with E-state index in [-0.39, 0.29) is 5.56 Å². The third kappa shape index (κ3) is 2.53. The van der Waals surface area contributed by atoms with E-state index in [2.05, 4.69) is 22.3 Å². The Bertz CT molecular complexity index is 803. The molecule has 104 valence electrons. The average Bonchev–Trinajstić information content (AvgIpc) is 3.09. The zero-order valence-electron chi connectivity index (χ0n) is 11.1. The quantitative estimate of drug-likeness (QED) is 0.546. The molecule has 0 aliphatic carbocycles. The summed E-state index contributed by atoms with van der Waals surface area (Å²) in [6.45, 7) is 2.10. The topological polar surface area (TPSA) is 47.8 Å². The van der Waals surface area contributed by atoms with Crippen LogP contribution < -0.4 is 5.56 Å². The standard InChI is InChI=1S/C13H13N3OS3/c1-3-10-14-8(6-19-10)7-20-13-15-9-4-5-18-11(9)12(17)16(13)2/h4-6H,3,7H2,1-2H3. The number of thioether (sulfide) groups is 1. The van der Waals surface area contributed by atoms with E-state index in [0.29, 0.717) is 0 Å². The maximum atomic E-state index is 12.2. The summed E-state index contributed by atoms with van der Waals surface area (Å²) < 4.78 is 2.34. The van der Waals surface area contributed by atoms with Crippen LogP contribution in [0.2, 0.25) is 0 Å². The number of fused-ring (bicyclic) bond motifs is 1. The fourth-order valence-electron chi connectivity index (χ4n) is 1.81. The average molecular weight is 323 g/mol. The lowest BCUT2D eigenvalue weighted by molar-refractivity contribution is 0.727. The third-order valence-corrected chi connectivity index (χ3v) is 5.89. The normalized spacial score (nSPS) is 11.3. The van der Waals surface area contributed by atoms with Crippen molar-refractivity contribution < 1.29 is 0 Å². The van der Waals surface area contributed by atoms with Crippen LogP contribution in [-0.2, 0) is 19.2 Å². The fourth-order valence-corrected chi connectivity index (χ4v) is 4.33. The number of rotatable bonds is 4. The highest BCUT2D eigenvalue weighted by molar-refractivity contribution is 7.98. The summed E-state index contributed by atoms with van der Waals surface area (Å²) >= 11 is 4.68. The molecule has 0 amide bonds. The first-order valence-electron chi connectivity index (χ1n) is 6.19. The van der Waals surface area contributed by atoms with Gasteiger partial charge < -0.3 is 0 Å². The van der Waals surface area contributed by atoms with Crippen molar-refractivity contribution in [2.45, 2.75) is 24.3 Å². The number of thiophene rings is 1. The minimum atomic E-state index is 0.0278. The summed E-state index contributed by atoms with van der Waals surface area (Å²) in [4.78, 5) is 21.3. The van der Waals surface area contributed by atoms with Gasteiger partial charge in [0.1, 0.15) is 4.70 Å². The highest BCUT2D eigenvalue weighted by Gasteiger charge is 2.10. The molecule has 7 heteroatoms. The Morgan fingerprint density at radius 1 is 1.35 bits per heavy atom. The summed E-state index contributed by atoms with van der Waals surface area (Å²) in [5.74, 6) is 0.742. The van der Waals surface area contributed by atoms with Crippen LogP contribution in [-0.4, -0.2) is 14.5 Å². The molecule has 0 saturated heterocycles. The van der Waals surface area contributed by atoms with Crippen molar-refractivity contribution in [2.75, 3.05) is 0 Å². The van der Waals surface area contributed by atoms with Gasteiger partial charge in [-0.05, 0) is 17.9 Å². The lowest BCUT2D eigenvalue weighted by Crippen LogP contribution is -2.18. The number of aromatic nitrogens is 3. The first-order valence-corrected chi connectivity index (χ1v) is 8.94. The molecule has 0 spiro atoms. The maximum Gasteiger partial charge on any atom is 0.271 e. The van der Waals surface area contributed by atoms with Gasteiger partial charge in [0.05, 0.1) is 16.2 Å². The molecule has 3 aromatic rings. The Balaban J connectivity index is 1.87. The Kier molecular flexibility index (Phi) is 3.91. The number of hydrogen-bond donors (Lipinski definition) is 0. The molecule has 3 aromatic heterocycles. The van der Waals surface area contributed by atoms with E-state index in [9.17, 15) is 4.79 Å². The van der Waals surface area contributed by atoms with E-state index in [1.165, 1.54) is 11.3 Å². The van der Waals surface area contributed by atoms with E-state index in [0.717, 1.165) is 38.2 Å². The molecule has 0 fully saturated rings. The lowest BCUT2D eigenvalue weighted by atomic mass is 10.5. The Hall–Kier alpha value is -1.18. The molecular formula is C13H13N3OS3. The smallest absolute Gasteiger partial charge is 0.271 e. The monoisotopic (exact) mass is 323 g/mol. The molecule has 3 rings (SSSR count). The van der Waals surface area contributed by atoms with Gasteiger partial charge in [-0.3, -0.25) is 9.36 Å². The molecule has 4 nitrogen and oxygen atoms in total. The van der Waals surface area contributed by atoms with Gasteiger partial charge in [-0.25, -0.2) is 9.97 Å². The first-order chi connectivity index (χ1) is 9.69. The van der Waals surface area contributed by atoms with Crippen LogP contribution in [0.3, 0.4) is 0 Å². The van der Waals surface area contributed by atoms with Gasteiger partial charge in [-0.15, -0.1) is 22.7 Å². The lowest BCUT2D eigenvalue weighted by Gasteiger charge is -2.05. The van der Waals surface area contributed by atoms with Crippen LogP contribution in [0.5, 0.6) is 0 Å². The van der Waals surface area contributed by atoms with Crippen molar-refractivity contribution in [1.29, 1.82) is 0 Å². The van der Waals surface area contributed by atoms with Crippen molar-refractivity contribution in [1.82, 2.24) is 14.5 Å². The van der Waals surface area contributed by atoms with Gasteiger partial charge in [-0.2, -0.15) is 0 Å². The predicted octanol–water partition coefficient (Wildman–Crippen LogP) is 3.31. The van der Waals surface area contributed by atoms with Gasteiger partial charge in [0, 0.05) is 18.2 Å². The van der Waals surface area contributed by atoms with Crippen LogP contribution >= 0.6 is 34.4 Å². The molecule has 0 atom stereocenters. The third-order valence-electron chi connectivity index (χ3n) is 2.90. The van der Waals surface area contributed by atoms with E-state index >= 15 is 0 Å². The van der Waals surface area contributed by atoms with Gasteiger partial charge in [0.15, 0.2) is 5.16 Å². The summed E-state index contributed by atoms with van der Waals surface area (Å²) in [6.07, 6.45) is 0.965. The van der Waals surface area contributed by atoms with Crippen molar-refractivity contribution in [3.05, 3.63) is 37.9 Å². The highest BCUT2D eigenvalue weighted by atomic mass is 32.2. The summed E-state index contributed by atoms with van der Waals surface area (Å²) in [5.41, 5.74) is 1.87. The molecular weight excluding hydrogens is 310 g/mol. The van der Waals surface area contributed by atoms with Gasteiger partial charge in [-0.1, -0.05) is 18.7 Å². The summed E-state index contributed by atoms with van der Waals surface area (Å²) in [7, 11) is 1.77. The molecule has 0 aliphatic rings.